The lowest BCUT2D eigenvalue weighted by Gasteiger charge is -2.35. The summed E-state index contributed by atoms with van der Waals surface area (Å²) in [6, 6.07) is 15.0. The molecule has 3 aromatic rings. The van der Waals surface area contributed by atoms with Crippen LogP contribution < -0.4 is 5.32 Å². The van der Waals surface area contributed by atoms with Crippen molar-refractivity contribution in [1.29, 1.82) is 0 Å². The van der Waals surface area contributed by atoms with E-state index in [-0.39, 0.29) is 6.03 Å². The number of urea groups is 1. The van der Waals surface area contributed by atoms with Gasteiger partial charge in [0.2, 0.25) is 5.82 Å². The van der Waals surface area contributed by atoms with Crippen molar-refractivity contribution in [1.82, 2.24) is 20.4 Å². The third-order valence-corrected chi connectivity index (χ3v) is 6.26. The SMILES string of the molecule is CCc1ccc(-c2noc(C3=C(C)N(CCC(C)C)C(=O)NC3c3ccc(Cl)cc3)n2)cc1. The molecule has 0 bridgehead atoms. The molecular formula is C26H29ClN4O2. The van der Waals surface area contributed by atoms with E-state index in [0.717, 1.165) is 35.2 Å². The molecule has 0 saturated heterocycles. The largest absolute Gasteiger partial charge is 0.334 e. The molecule has 0 radical (unpaired) electrons. The molecule has 2 heterocycles. The zero-order chi connectivity index (χ0) is 23.5. The lowest BCUT2D eigenvalue weighted by molar-refractivity contribution is 0.202. The van der Waals surface area contributed by atoms with Crippen LogP contribution in [-0.2, 0) is 6.42 Å². The van der Waals surface area contributed by atoms with E-state index in [9.17, 15) is 4.79 Å². The van der Waals surface area contributed by atoms with E-state index in [4.69, 9.17) is 21.1 Å². The number of nitrogens with one attached hydrogen (secondary N) is 1. The maximum absolute atomic E-state index is 13.0. The molecule has 1 atom stereocenters. The van der Waals surface area contributed by atoms with Gasteiger partial charge in [-0.15, -0.1) is 0 Å². The van der Waals surface area contributed by atoms with Crippen molar-refractivity contribution in [3.05, 3.63) is 76.3 Å². The van der Waals surface area contributed by atoms with Gasteiger partial charge in [-0.2, -0.15) is 4.98 Å². The summed E-state index contributed by atoms with van der Waals surface area (Å²) in [5.41, 5.74) is 4.65. The summed E-state index contributed by atoms with van der Waals surface area (Å²) in [5, 5.41) is 8.00. The Labute approximate surface area is 199 Å². The first-order valence-corrected chi connectivity index (χ1v) is 11.7. The summed E-state index contributed by atoms with van der Waals surface area (Å²) in [6.45, 7) is 8.97. The van der Waals surface area contributed by atoms with Gasteiger partial charge in [-0.3, -0.25) is 4.90 Å². The number of amides is 2. The second-order valence-electron chi connectivity index (χ2n) is 8.74. The maximum atomic E-state index is 13.0. The molecule has 0 aliphatic carbocycles. The molecular weight excluding hydrogens is 436 g/mol. The number of hydrogen-bond donors (Lipinski definition) is 1. The van der Waals surface area contributed by atoms with Gasteiger partial charge in [-0.25, -0.2) is 4.79 Å². The van der Waals surface area contributed by atoms with Crippen LogP contribution in [0.1, 0.15) is 57.2 Å². The van der Waals surface area contributed by atoms with E-state index in [2.05, 4.69) is 43.4 Å². The second kappa shape index (κ2) is 9.79. The molecule has 2 aromatic carbocycles. The zero-order valence-corrected chi connectivity index (χ0v) is 20.2. The highest BCUT2D eigenvalue weighted by Gasteiger charge is 2.35. The molecule has 1 N–H and O–H groups in total. The van der Waals surface area contributed by atoms with Crippen LogP contribution in [0, 0.1) is 5.92 Å². The second-order valence-corrected chi connectivity index (χ2v) is 9.18. The van der Waals surface area contributed by atoms with E-state index >= 15 is 0 Å². The van der Waals surface area contributed by atoms with Gasteiger partial charge < -0.3 is 9.84 Å². The Balaban J connectivity index is 1.76. The fraction of sp³-hybridized carbons (Fsp3) is 0.346. The number of hydrogen-bond acceptors (Lipinski definition) is 4. The van der Waals surface area contributed by atoms with Gasteiger partial charge in [-0.05, 0) is 48.9 Å². The van der Waals surface area contributed by atoms with Crippen LogP contribution >= 0.6 is 11.6 Å². The predicted molar refractivity (Wildman–Crippen MR) is 131 cm³/mol. The van der Waals surface area contributed by atoms with Crippen LogP contribution in [0.2, 0.25) is 5.02 Å². The Hall–Kier alpha value is -3.12. The summed E-state index contributed by atoms with van der Waals surface area (Å²) in [7, 11) is 0. The smallest absolute Gasteiger partial charge is 0.322 e. The van der Waals surface area contributed by atoms with Crippen LogP contribution in [0.15, 0.2) is 58.8 Å². The molecule has 7 heteroatoms. The van der Waals surface area contributed by atoms with Crippen molar-refractivity contribution in [3.8, 4) is 11.4 Å². The molecule has 0 fully saturated rings. The molecule has 6 nitrogen and oxygen atoms in total. The van der Waals surface area contributed by atoms with Crippen molar-refractivity contribution in [3.63, 3.8) is 0 Å². The monoisotopic (exact) mass is 464 g/mol. The van der Waals surface area contributed by atoms with E-state index in [1.807, 2.05) is 43.3 Å². The number of carbonyl (C=O) groups excluding carboxylic acids is 1. The number of carbonyl (C=O) groups is 1. The van der Waals surface area contributed by atoms with Gasteiger partial charge >= 0.3 is 6.03 Å². The van der Waals surface area contributed by atoms with Gasteiger partial charge in [0.1, 0.15) is 0 Å². The first kappa shape index (κ1) is 23.1. The summed E-state index contributed by atoms with van der Waals surface area (Å²) in [6.07, 6.45) is 1.86. The average molecular weight is 465 g/mol. The van der Waals surface area contributed by atoms with Gasteiger partial charge in [0.15, 0.2) is 0 Å². The first-order chi connectivity index (χ1) is 15.9. The highest BCUT2D eigenvalue weighted by Crippen LogP contribution is 2.37. The minimum Gasteiger partial charge on any atom is -0.334 e. The van der Waals surface area contributed by atoms with E-state index in [1.54, 1.807) is 4.90 Å². The molecule has 1 aliphatic rings. The third-order valence-electron chi connectivity index (χ3n) is 6.01. The Morgan fingerprint density at radius 3 is 2.45 bits per heavy atom. The van der Waals surface area contributed by atoms with E-state index < -0.39 is 6.04 Å². The summed E-state index contributed by atoms with van der Waals surface area (Å²) < 4.78 is 5.75. The van der Waals surface area contributed by atoms with Gasteiger partial charge in [0.25, 0.3) is 5.89 Å². The number of nitrogens with zero attached hydrogens (tertiary/aromatic N) is 3. The Morgan fingerprint density at radius 2 is 1.82 bits per heavy atom. The molecule has 1 aromatic heterocycles. The van der Waals surface area contributed by atoms with Crippen LogP contribution in [0.5, 0.6) is 0 Å². The maximum Gasteiger partial charge on any atom is 0.322 e. The summed E-state index contributed by atoms with van der Waals surface area (Å²) in [4.78, 5) is 19.5. The highest BCUT2D eigenvalue weighted by atomic mass is 35.5. The van der Waals surface area contributed by atoms with E-state index in [1.165, 1.54) is 5.56 Å². The lowest BCUT2D eigenvalue weighted by Crippen LogP contribution is -2.46. The predicted octanol–water partition coefficient (Wildman–Crippen LogP) is 6.50. The number of allylic oxidation sites excluding steroid dienone is 1. The number of rotatable bonds is 7. The van der Waals surface area contributed by atoms with Gasteiger partial charge in [0.05, 0.1) is 11.6 Å². The number of aromatic nitrogens is 2. The molecule has 1 aliphatic heterocycles. The van der Waals surface area contributed by atoms with Crippen LogP contribution in [0.4, 0.5) is 4.79 Å². The minimum absolute atomic E-state index is 0.133. The Morgan fingerprint density at radius 1 is 1.12 bits per heavy atom. The van der Waals surface area contributed by atoms with Crippen molar-refractivity contribution < 1.29 is 9.32 Å². The normalized spacial score (nSPS) is 16.5. The van der Waals surface area contributed by atoms with Crippen LogP contribution in [0.25, 0.3) is 17.0 Å². The quantitative estimate of drug-likeness (QED) is 0.433. The number of aryl methyl sites for hydroxylation is 1. The molecule has 4 rings (SSSR count). The van der Waals surface area contributed by atoms with E-state index in [0.29, 0.717) is 29.2 Å². The minimum atomic E-state index is -0.416. The average Bonchev–Trinajstić information content (AvgIpc) is 3.28. The molecule has 2 amide bonds. The Bertz CT molecular complexity index is 1150. The zero-order valence-electron chi connectivity index (χ0n) is 19.4. The Kier molecular flexibility index (Phi) is 6.84. The van der Waals surface area contributed by atoms with Crippen molar-refractivity contribution in [2.75, 3.05) is 6.54 Å². The fourth-order valence-corrected chi connectivity index (χ4v) is 4.09. The summed E-state index contributed by atoms with van der Waals surface area (Å²) in [5.74, 6) is 1.40. The van der Waals surface area contributed by atoms with Crippen LogP contribution in [0.3, 0.4) is 0 Å². The van der Waals surface area contributed by atoms with Crippen molar-refractivity contribution >= 4 is 23.2 Å². The molecule has 1 unspecified atom stereocenters. The molecule has 172 valence electrons. The van der Waals surface area contributed by atoms with Gasteiger partial charge in [0, 0.05) is 22.8 Å². The topological polar surface area (TPSA) is 71.3 Å². The summed E-state index contributed by atoms with van der Waals surface area (Å²) >= 11 is 6.10. The van der Waals surface area contributed by atoms with Crippen molar-refractivity contribution in [2.24, 2.45) is 5.92 Å². The molecule has 0 saturated carbocycles. The molecule has 0 spiro atoms. The van der Waals surface area contributed by atoms with Crippen molar-refractivity contribution in [2.45, 2.75) is 46.6 Å². The third kappa shape index (κ3) is 4.96. The number of benzene rings is 2. The number of halogens is 1. The molecule has 33 heavy (non-hydrogen) atoms. The lowest BCUT2D eigenvalue weighted by atomic mass is 9.94. The van der Waals surface area contributed by atoms with Crippen LogP contribution in [-0.4, -0.2) is 27.6 Å². The fourth-order valence-electron chi connectivity index (χ4n) is 3.96. The first-order valence-electron chi connectivity index (χ1n) is 11.3. The standard InChI is InChI=1S/C26H29ClN4O2/c1-5-18-6-8-20(9-7-18)24-29-25(33-30-24)22-17(4)31(15-14-16(2)3)26(32)28-23(22)19-10-12-21(27)13-11-19/h6-13,16,23H,5,14-15H2,1-4H3,(H,28,32). The van der Waals surface area contributed by atoms with Gasteiger partial charge in [-0.1, -0.05) is 73.9 Å². The highest BCUT2D eigenvalue weighted by molar-refractivity contribution is 6.30.